The lowest BCUT2D eigenvalue weighted by molar-refractivity contribution is -0.386. The number of aromatic amines is 2. The van der Waals surface area contributed by atoms with Crippen molar-refractivity contribution in [2.75, 3.05) is 0 Å². The molecule has 0 aliphatic heterocycles. The summed E-state index contributed by atoms with van der Waals surface area (Å²) in [5.74, 6) is -4.51. The van der Waals surface area contributed by atoms with Crippen LogP contribution in [0.3, 0.4) is 0 Å². The number of hydrogen-bond acceptors (Lipinski definition) is 11. The number of H-pyrrole nitrogens is 2. The van der Waals surface area contributed by atoms with Crippen molar-refractivity contribution in [3.8, 4) is 45.5 Å². The van der Waals surface area contributed by atoms with Crippen LogP contribution in [0, 0.1) is 20.2 Å². The molecule has 34 heavy (non-hydrogen) atoms. The van der Waals surface area contributed by atoms with Crippen molar-refractivity contribution in [3.05, 3.63) is 68.5 Å². The molecule has 0 bridgehead atoms. The predicted molar refractivity (Wildman–Crippen MR) is 111 cm³/mol. The molecular formula is C19H12N6O9. The number of imidazole rings is 2. The van der Waals surface area contributed by atoms with Crippen LogP contribution in [0.4, 0.5) is 11.4 Å². The monoisotopic (exact) mass is 468 g/mol. The molecule has 0 saturated heterocycles. The Morgan fingerprint density at radius 1 is 0.735 bits per heavy atom. The van der Waals surface area contributed by atoms with E-state index in [9.17, 15) is 45.4 Å². The van der Waals surface area contributed by atoms with Crippen LogP contribution < -0.4 is 0 Å². The van der Waals surface area contributed by atoms with Crippen molar-refractivity contribution >= 4 is 17.2 Å². The number of nitro benzene ring substituents is 2. The van der Waals surface area contributed by atoms with Gasteiger partial charge in [-0.3, -0.25) is 25.0 Å². The molecule has 0 radical (unpaired) electrons. The van der Waals surface area contributed by atoms with Gasteiger partial charge in [0.2, 0.25) is 11.5 Å². The van der Waals surface area contributed by atoms with Gasteiger partial charge in [0.25, 0.3) is 5.78 Å². The summed E-state index contributed by atoms with van der Waals surface area (Å²) in [6, 6.07) is 4.04. The van der Waals surface area contributed by atoms with E-state index in [1.54, 1.807) is 0 Å². The maximum absolute atomic E-state index is 12.7. The van der Waals surface area contributed by atoms with Gasteiger partial charge in [0.15, 0.2) is 23.1 Å². The zero-order valence-electron chi connectivity index (χ0n) is 16.6. The van der Waals surface area contributed by atoms with Gasteiger partial charge in [-0.1, -0.05) is 0 Å². The smallest absolute Gasteiger partial charge is 0.315 e. The van der Waals surface area contributed by atoms with Gasteiger partial charge >= 0.3 is 11.4 Å². The highest BCUT2D eigenvalue weighted by molar-refractivity contribution is 6.04. The van der Waals surface area contributed by atoms with Gasteiger partial charge in [0.1, 0.15) is 0 Å². The van der Waals surface area contributed by atoms with E-state index in [1.165, 1.54) is 12.4 Å². The first-order valence-electron chi connectivity index (χ1n) is 9.13. The average molecular weight is 468 g/mol. The van der Waals surface area contributed by atoms with Crippen LogP contribution in [-0.2, 0) is 0 Å². The van der Waals surface area contributed by atoms with Crippen LogP contribution in [0.1, 0.15) is 16.4 Å². The average Bonchev–Trinajstić information content (AvgIpc) is 3.46. The number of nitrogens with zero attached hydrogens (tertiary/aromatic N) is 4. The molecule has 0 fully saturated rings. The molecule has 15 nitrogen and oxygen atoms in total. The maximum Gasteiger partial charge on any atom is 0.315 e. The third-order valence-corrected chi connectivity index (χ3v) is 4.74. The highest BCUT2D eigenvalue weighted by Crippen LogP contribution is 2.40. The predicted octanol–water partition coefficient (Wildman–Crippen LogP) is 2.34. The summed E-state index contributed by atoms with van der Waals surface area (Å²) in [5.41, 5.74) is -1.12. The number of aromatic hydroxyl groups is 4. The van der Waals surface area contributed by atoms with Gasteiger partial charge < -0.3 is 30.4 Å². The molecule has 0 amide bonds. The fourth-order valence-electron chi connectivity index (χ4n) is 3.08. The first-order chi connectivity index (χ1) is 16.1. The number of carbonyl (C=O) groups is 1. The SMILES string of the molecule is O=C(c1ncc(-c2cc(O)c(O)c([N+](=O)[O-])c2)[nH]1)c1ncc(-c2cc(O)c(O)c([N+](=O)[O-])c2)[nH]1. The third kappa shape index (κ3) is 3.68. The molecule has 2 aromatic heterocycles. The minimum absolute atomic E-state index is 0.0700. The number of phenols is 4. The first-order valence-corrected chi connectivity index (χ1v) is 9.13. The zero-order valence-corrected chi connectivity index (χ0v) is 16.6. The molecule has 172 valence electrons. The lowest BCUT2D eigenvalue weighted by Gasteiger charge is -2.03. The second kappa shape index (κ2) is 7.90. The molecule has 6 N–H and O–H groups in total. The highest BCUT2D eigenvalue weighted by atomic mass is 16.6. The van der Waals surface area contributed by atoms with Gasteiger partial charge in [-0.15, -0.1) is 0 Å². The van der Waals surface area contributed by atoms with E-state index in [0.29, 0.717) is 0 Å². The van der Waals surface area contributed by atoms with E-state index in [-0.39, 0.29) is 34.2 Å². The molecule has 4 aromatic rings. The number of phenolic OH excluding ortho intramolecular Hbond substituents is 4. The largest absolute Gasteiger partial charge is 0.504 e. The van der Waals surface area contributed by atoms with E-state index in [1.807, 2.05) is 0 Å². The van der Waals surface area contributed by atoms with Gasteiger partial charge in [-0.25, -0.2) is 9.97 Å². The van der Waals surface area contributed by atoms with Gasteiger partial charge in [-0.05, 0) is 12.1 Å². The van der Waals surface area contributed by atoms with E-state index < -0.39 is 50.0 Å². The fraction of sp³-hybridized carbons (Fsp3) is 0. The van der Waals surface area contributed by atoms with Gasteiger partial charge in [-0.2, -0.15) is 0 Å². The van der Waals surface area contributed by atoms with Crippen LogP contribution in [0.25, 0.3) is 22.5 Å². The Bertz CT molecular complexity index is 1380. The number of nitrogens with one attached hydrogen (secondary N) is 2. The molecule has 0 saturated carbocycles. The summed E-state index contributed by atoms with van der Waals surface area (Å²) >= 11 is 0. The van der Waals surface area contributed by atoms with Crippen molar-refractivity contribution in [3.63, 3.8) is 0 Å². The molecule has 15 heteroatoms. The standard InChI is InChI=1S/C19H12N6O9/c26-13-3-7(1-11(15(13)28)24(31)32)9-5-20-18(22-9)17(30)19-21-6-10(23-19)8-2-12(25(33)34)16(29)14(27)4-8/h1-6,26-29H,(H,20,22)(H,21,23). The minimum Gasteiger partial charge on any atom is -0.504 e. The van der Waals surface area contributed by atoms with Crippen LogP contribution >= 0.6 is 0 Å². The van der Waals surface area contributed by atoms with Crippen LogP contribution in [0.5, 0.6) is 23.0 Å². The lowest BCUT2D eigenvalue weighted by atomic mass is 10.1. The molecule has 0 atom stereocenters. The summed E-state index contributed by atoms with van der Waals surface area (Å²) in [5, 5.41) is 60.8. The van der Waals surface area contributed by atoms with Crippen molar-refractivity contribution < 1.29 is 35.1 Å². The van der Waals surface area contributed by atoms with Gasteiger partial charge in [0.05, 0.1) is 33.6 Å². The first kappa shape index (κ1) is 21.8. The molecule has 0 unspecified atom stereocenters. The number of rotatable bonds is 6. The Morgan fingerprint density at radius 3 is 1.47 bits per heavy atom. The second-order valence-electron chi connectivity index (χ2n) is 6.86. The topological polar surface area (TPSA) is 242 Å². The van der Waals surface area contributed by atoms with E-state index in [4.69, 9.17) is 0 Å². The van der Waals surface area contributed by atoms with E-state index in [0.717, 1.165) is 24.3 Å². The normalized spacial score (nSPS) is 10.8. The van der Waals surface area contributed by atoms with E-state index >= 15 is 0 Å². The van der Waals surface area contributed by atoms with Crippen molar-refractivity contribution in [2.24, 2.45) is 0 Å². The molecule has 0 aliphatic carbocycles. The van der Waals surface area contributed by atoms with Gasteiger partial charge in [0, 0.05) is 23.3 Å². The second-order valence-corrected chi connectivity index (χ2v) is 6.86. The molecule has 2 heterocycles. The van der Waals surface area contributed by atoms with Crippen LogP contribution in [-0.4, -0.2) is 56.0 Å². The van der Waals surface area contributed by atoms with E-state index in [2.05, 4.69) is 19.9 Å². The number of aromatic nitrogens is 4. The minimum atomic E-state index is -0.909. The number of hydrogen-bond donors (Lipinski definition) is 6. The van der Waals surface area contributed by atoms with Crippen molar-refractivity contribution in [2.45, 2.75) is 0 Å². The van der Waals surface area contributed by atoms with Crippen LogP contribution in [0.15, 0.2) is 36.7 Å². The highest BCUT2D eigenvalue weighted by Gasteiger charge is 2.24. The summed E-state index contributed by atoms with van der Waals surface area (Å²) < 4.78 is 0. The number of ketones is 1. The van der Waals surface area contributed by atoms with Crippen LogP contribution in [0.2, 0.25) is 0 Å². The summed E-state index contributed by atoms with van der Waals surface area (Å²) in [6.07, 6.45) is 2.35. The number of nitro groups is 2. The lowest BCUT2D eigenvalue weighted by Crippen LogP contribution is -2.06. The quantitative estimate of drug-likeness (QED) is 0.104. The Morgan fingerprint density at radius 2 is 1.12 bits per heavy atom. The third-order valence-electron chi connectivity index (χ3n) is 4.74. The molecular weight excluding hydrogens is 456 g/mol. The Labute approximate surface area is 186 Å². The molecule has 4 rings (SSSR count). The molecule has 0 aliphatic rings. The summed E-state index contributed by atoms with van der Waals surface area (Å²) in [6.45, 7) is 0. The number of benzene rings is 2. The Kier molecular flexibility index (Phi) is 5.05. The Hall–Kier alpha value is -5.47. The van der Waals surface area contributed by atoms with Crippen molar-refractivity contribution in [1.29, 1.82) is 0 Å². The Balaban J connectivity index is 1.65. The maximum atomic E-state index is 12.7. The number of carbonyl (C=O) groups excluding carboxylic acids is 1. The van der Waals surface area contributed by atoms with Crippen molar-refractivity contribution in [1.82, 2.24) is 19.9 Å². The fourth-order valence-corrected chi connectivity index (χ4v) is 3.08. The zero-order chi connectivity index (χ0) is 24.7. The summed E-state index contributed by atoms with van der Waals surface area (Å²) in [4.78, 5) is 46.1. The summed E-state index contributed by atoms with van der Waals surface area (Å²) in [7, 11) is 0. The molecule has 2 aromatic carbocycles. The molecule has 0 spiro atoms.